The average molecular weight is 480 g/mol. The van der Waals surface area contributed by atoms with Gasteiger partial charge in [-0.25, -0.2) is 4.79 Å². The quantitative estimate of drug-likeness (QED) is 0.158. The first-order valence-corrected chi connectivity index (χ1v) is 14.2. The number of carbonyl (C=O) groups is 1. The van der Waals surface area contributed by atoms with E-state index in [0.29, 0.717) is 18.1 Å². The molecule has 0 spiro atoms. The van der Waals surface area contributed by atoms with E-state index < -0.39 is 0 Å². The van der Waals surface area contributed by atoms with Gasteiger partial charge in [-0.1, -0.05) is 110 Å². The zero-order valence-electron chi connectivity index (χ0n) is 22.9. The van der Waals surface area contributed by atoms with Crippen LogP contribution in [0.2, 0.25) is 0 Å². The molecular weight excluding hydrogens is 430 g/mol. The predicted molar refractivity (Wildman–Crippen MR) is 149 cm³/mol. The zero-order chi connectivity index (χ0) is 25.3. The van der Waals surface area contributed by atoms with Gasteiger partial charge < -0.3 is 4.74 Å². The van der Waals surface area contributed by atoms with E-state index in [1.54, 1.807) is 0 Å². The smallest absolute Gasteiger partial charge is 0.338 e. The minimum absolute atomic E-state index is 0.236. The highest BCUT2D eigenvalue weighted by molar-refractivity contribution is 5.90. The summed E-state index contributed by atoms with van der Waals surface area (Å²) in [6.07, 6.45) is 18.5. The molecule has 3 heteroatoms. The van der Waals surface area contributed by atoms with E-state index in [2.05, 4.69) is 44.8 Å². The SMILES string of the molecule is CCCCCCCCCCc1ccc(-c2ccc(C(=O)OCCC(C)CCCC(C)C)cc2)nc1. The summed E-state index contributed by atoms with van der Waals surface area (Å²) in [5.74, 6) is 1.11. The molecule has 194 valence electrons. The number of benzene rings is 1. The summed E-state index contributed by atoms with van der Waals surface area (Å²) in [4.78, 5) is 17.1. The van der Waals surface area contributed by atoms with Crippen LogP contribution in [0.1, 0.15) is 121 Å². The second-order valence-electron chi connectivity index (χ2n) is 10.7. The molecule has 1 atom stereocenters. The van der Waals surface area contributed by atoms with Crippen LogP contribution >= 0.6 is 0 Å². The molecule has 1 unspecified atom stereocenters. The predicted octanol–water partition coefficient (Wildman–Crippen LogP) is 9.44. The number of unbranched alkanes of at least 4 members (excludes halogenated alkanes) is 7. The molecule has 2 rings (SSSR count). The van der Waals surface area contributed by atoms with E-state index in [1.807, 2.05) is 30.5 Å². The van der Waals surface area contributed by atoms with Gasteiger partial charge in [0.05, 0.1) is 17.9 Å². The molecule has 0 aliphatic carbocycles. The topological polar surface area (TPSA) is 39.2 Å². The van der Waals surface area contributed by atoms with Crippen molar-refractivity contribution in [2.24, 2.45) is 11.8 Å². The fourth-order valence-electron chi connectivity index (χ4n) is 4.44. The Hall–Kier alpha value is -2.16. The van der Waals surface area contributed by atoms with Crippen molar-refractivity contribution in [3.63, 3.8) is 0 Å². The molecule has 1 aromatic carbocycles. The minimum atomic E-state index is -0.236. The van der Waals surface area contributed by atoms with Crippen molar-refractivity contribution >= 4 is 5.97 Å². The summed E-state index contributed by atoms with van der Waals surface area (Å²) in [7, 11) is 0. The number of hydrogen-bond donors (Lipinski definition) is 0. The number of pyridine rings is 1. The van der Waals surface area contributed by atoms with Gasteiger partial charge in [-0.05, 0) is 54.9 Å². The Morgan fingerprint density at radius 1 is 0.800 bits per heavy atom. The summed E-state index contributed by atoms with van der Waals surface area (Å²) < 4.78 is 5.51. The van der Waals surface area contributed by atoms with E-state index in [0.717, 1.165) is 30.0 Å². The van der Waals surface area contributed by atoms with Crippen LogP contribution in [0.5, 0.6) is 0 Å². The van der Waals surface area contributed by atoms with Crippen molar-refractivity contribution in [1.82, 2.24) is 4.98 Å². The molecule has 1 heterocycles. The van der Waals surface area contributed by atoms with E-state index in [-0.39, 0.29) is 5.97 Å². The third-order valence-corrected chi connectivity index (χ3v) is 6.88. The number of esters is 1. The Balaban J connectivity index is 1.69. The maximum Gasteiger partial charge on any atom is 0.338 e. The van der Waals surface area contributed by atoms with Crippen molar-refractivity contribution in [2.75, 3.05) is 6.61 Å². The first kappa shape index (κ1) is 29.1. The Morgan fingerprint density at radius 2 is 1.49 bits per heavy atom. The van der Waals surface area contributed by atoms with Crippen molar-refractivity contribution < 1.29 is 9.53 Å². The van der Waals surface area contributed by atoms with Crippen LogP contribution in [0.3, 0.4) is 0 Å². The van der Waals surface area contributed by atoms with Gasteiger partial charge in [0.1, 0.15) is 0 Å². The van der Waals surface area contributed by atoms with Gasteiger partial charge in [-0.3, -0.25) is 4.98 Å². The largest absolute Gasteiger partial charge is 0.462 e. The van der Waals surface area contributed by atoms with E-state index >= 15 is 0 Å². The second kappa shape index (κ2) is 17.3. The fourth-order valence-corrected chi connectivity index (χ4v) is 4.44. The van der Waals surface area contributed by atoms with Crippen LogP contribution in [-0.2, 0) is 11.2 Å². The summed E-state index contributed by atoms with van der Waals surface area (Å²) in [6, 6.07) is 11.9. The fraction of sp³-hybridized carbons (Fsp3) is 0.625. The highest BCUT2D eigenvalue weighted by atomic mass is 16.5. The maximum atomic E-state index is 12.4. The Morgan fingerprint density at radius 3 is 2.11 bits per heavy atom. The Bertz CT molecular complexity index is 810. The highest BCUT2D eigenvalue weighted by Crippen LogP contribution is 2.20. The molecule has 0 amide bonds. The molecule has 1 aromatic heterocycles. The summed E-state index contributed by atoms with van der Waals surface area (Å²) in [6.45, 7) is 9.54. The summed E-state index contributed by atoms with van der Waals surface area (Å²) >= 11 is 0. The molecule has 0 radical (unpaired) electrons. The van der Waals surface area contributed by atoms with Crippen molar-refractivity contribution in [1.29, 1.82) is 0 Å². The molecule has 2 aromatic rings. The molecule has 35 heavy (non-hydrogen) atoms. The number of carbonyl (C=O) groups excluding carboxylic acids is 1. The van der Waals surface area contributed by atoms with Gasteiger partial charge in [-0.2, -0.15) is 0 Å². The lowest BCUT2D eigenvalue weighted by atomic mass is 9.98. The molecule has 0 fully saturated rings. The van der Waals surface area contributed by atoms with E-state index in [9.17, 15) is 4.79 Å². The number of aryl methyl sites for hydroxylation is 1. The lowest BCUT2D eigenvalue weighted by Crippen LogP contribution is -2.09. The number of aromatic nitrogens is 1. The highest BCUT2D eigenvalue weighted by Gasteiger charge is 2.10. The second-order valence-corrected chi connectivity index (χ2v) is 10.7. The Labute approximate surface area is 215 Å². The number of ether oxygens (including phenoxy) is 1. The molecule has 0 aliphatic heterocycles. The molecule has 0 N–H and O–H groups in total. The zero-order valence-corrected chi connectivity index (χ0v) is 22.9. The van der Waals surface area contributed by atoms with Gasteiger partial charge in [-0.15, -0.1) is 0 Å². The van der Waals surface area contributed by atoms with Crippen molar-refractivity contribution in [3.8, 4) is 11.3 Å². The third kappa shape index (κ3) is 12.4. The van der Waals surface area contributed by atoms with E-state index in [1.165, 1.54) is 76.2 Å². The van der Waals surface area contributed by atoms with Gasteiger partial charge in [0, 0.05) is 11.8 Å². The average Bonchev–Trinajstić information content (AvgIpc) is 2.86. The lowest BCUT2D eigenvalue weighted by molar-refractivity contribution is 0.0483. The lowest BCUT2D eigenvalue weighted by Gasteiger charge is -2.12. The molecule has 0 aliphatic rings. The number of nitrogens with zero attached hydrogens (tertiary/aromatic N) is 1. The first-order valence-electron chi connectivity index (χ1n) is 14.2. The van der Waals surface area contributed by atoms with Crippen LogP contribution in [0.4, 0.5) is 0 Å². The molecule has 0 saturated carbocycles. The van der Waals surface area contributed by atoms with E-state index in [4.69, 9.17) is 4.74 Å². The van der Waals surface area contributed by atoms with Gasteiger partial charge >= 0.3 is 5.97 Å². The third-order valence-electron chi connectivity index (χ3n) is 6.88. The number of hydrogen-bond acceptors (Lipinski definition) is 3. The van der Waals surface area contributed by atoms with Crippen LogP contribution < -0.4 is 0 Å². The maximum absolute atomic E-state index is 12.4. The molecule has 3 nitrogen and oxygen atoms in total. The van der Waals surface area contributed by atoms with Crippen molar-refractivity contribution in [2.45, 2.75) is 111 Å². The van der Waals surface area contributed by atoms with Crippen LogP contribution in [-0.4, -0.2) is 17.6 Å². The van der Waals surface area contributed by atoms with Gasteiger partial charge in [0.25, 0.3) is 0 Å². The molecule has 0 bridgehead atoms. The minimum Gasteiger partial charge on any atom is -0.462 e. The normalized spacial score (nSPS) is 12.1. The molecule has 0 saturated heterocycles. The van der Waals surface area contributed by atoms with Crippen molar-refractivity contribution in [3.05, 3.63) is 53.7 Å². The number of rotatable bonds is 18. The standard InChI is InChI=1S/C32H49NO2/c1-5-6-7-8-9-10-11-12-16-28-17-22-31(33-25-28)29-18-20-30(21-19-29)32(34)35-24-23-27(4)15-13-14-26(2)3/h17-22,25-27H,5-16,23-24H2,1-4H3. The van der Waals surface area contributed by atoms with Crippen LogP contribution in [0.15, 0.2) is 42.6 Å². The van der Waals surface area contributed by atoms with Gasteiger partial charge in [0.15, 0.2) is 0 Å². The Kier molecular flexibility index (Phi) is 14.4. The first-order chi connectivity index (χ1) is 17.0. The molecular formula is C32H49NO2. The van der Waals surface area contributed by atoms with Crippen LogP contribution in [0, 0.1) is 11.8 Å². The summed E-state index contributed by atoms with van der Waals surface area (Å²) in [5.41, 5.74) is 3.88. The van der Waals surface area contributed by atoms with Gasteiger partial charge in [0.2, 0.25) is 0 Å². The van der Waals surface area contributed by atoms with Crippen LogP contribution in [0.25, 0.3) is 11.3 Å². The summed E-state index contributed by atoms with van der Waals surface area (Å²) in [5, 5.41) is 0. The monoisotopic (exact) mass is 479 g/mol.